The molecule has 9 heteroatoms. The highest BCUT2D eigenvalue weighted by atomic mass is 16.5. The number of carbonyl (C=O) groups is 3. The molecule has 2 heterocycles. The lowest BCUT2D eigenvalue weighted by Crippen LogP contribution is -2.30. The maximum atomic E-state index is 13.4. The van der Waals surface area contributed by atoms with Gasteiger partial charge in [0.05, 0.1) is 26.3 Å². The average molecular weight is 463 g/mol. The Bertz CT molecular complexity index is 1270. The second kappa shape index (κ2) is 9.88. The minimum atomic E-state index is -1.17. The van der Waals surface area contributed by atoms with E-state index in [1.807, 2.05) is 0 Å². The van der Waals surface area contributed by atoms with Gasteiger partial charge in [0.15, 0.2) is 11.5 Å². The Hall–Kier alpha value is -3.98. The number of aromatic carboxylic acids is 1. The maximum Gasteiger partial charge on any atom is 0.337 e. The van der Waals surface area contributed by atoms with E-state index in [2.05, 4.69) is 15.2 Å². The molecule has 0 saturated carbocycles. The van der Waals surface area contributed by atoms with Gasteiger partial charge < -0.3 is 19.9 Å². The van der Waals surface area contributed by atoms with E-state index >= 15 is 0 Å². The molecular weight excluding hydrogens is 438 g/mol. The second-order valence-corrected chi connectivity index (χ2v) is 8.02. The lowest BCUT2D eigenvalue weighted by molar-refractivity contribution is -0.117. The van der Waals surface area contributed by atoms with Crippen molar-refractivity contribution < 1.29 is 29.0 Å². The van der Waals surface area contributed by atoms with Crippen LogP contribution in [-0.2, 0) is 4.79 Å². The Labute approximate surface area is 196 Å². The number of rotatable bonds is 8. The van der Waals surface area contributed by atoms with Crippen molar-refractivity contribution in [1.29, 1.82) is 0 Å². The lowest BCUT2D eigenvalue weighted by atomic mass is 9.98. The molecule has 1 fully saturated rings. The summed E-state index contributed by atoms with van der Waals surface area (Å²) in [6.45, 7) is 2.12. The number of ether oxygens (including phenoxy) is 2. The van der Waals surface area contributed by atoms with Crippen LogP contribution in [0.4, 0.5) is 5.69 Å². The predicted octanol–water partition coefficient (Wildman–Crippen LogP) is 3.22. The summed E-state index contributed by atoms with van der Waals surface area (Å²) in [5.74, 6) is -1.05. The van der Waals surface area contributed by atoms with Gasteiger partial charge in [0.1, 0.15) is 5.69 Å². The van der Waals surface area contributed by atoms with Gasteiger partial charge in [0, 0.05) is 28.2 Å². The number of carbonyl (C=O) groups excluding carboxylic acids is 2. The van der Waals surface area contributed by atoms with Crippen LogP contribution in [0.15, 0.2) is 42.6 Å². The molecule has 0 spiro atoms. The standard InChI is InChI=1S/C25H25N3O6/c1-33-20-11-17-18(12-21(20)34-2)23(26-13-19(17)25(31)32)24(30)15-6-5-7-16(10-15)27-22(29)14-28-8-3-4-9-28/h5-7,10-13H,3-4,8-9,14H2,1-2H3,(H,27,29)(H,31,32). The number of nitrogens with zero attached hydrogens (tertiary/aromatic N) is 2. The van der Waals surface area contributed by atoms with E-state index in [1.54, 1.807) is 30.3 Å². The van der Waals surface area contributed by atoms with Crippen molar-refractivity contribution in [3.63, 3.8) is 0 Å². The SMILES string of the molecule is COc1cc2c(C(=O)O)cnc(C(=O)c3cccc(NC(=O)CN4CCCC4)c3)c2cc1OC. The van der Waals surface area contributed by atoms with Gasteiger partial charge in [0.2, 0.25) is 11.7 Å². The van der Waals surface area contributed by atoms with Gasteiger partial charge in [-0.3, -0.25) is 19.5 Å². The minimum Gasteiger partial charge on any atom is -0.493 e. The van der Waals surface area contributed by atoms with Crippen molar-refractivity contribution in [2.24, 2.45) is 0 Å². The number of anilines is 1. The summed E-state index contributed by atoms with van der Waals surface area (Å²) in [6, 6.07) is 9.66. The molecule has 4 rings (SSSR count). The summed E-state index contributed by atoms with van der Waals surface area (Å²) in [4.78, 5) is 43.8. The minimum absolute atomic E-state index is 0.0598. The largest absolute Gasteiger partial charge is 0.493 e. The first kappa shape index (κ1) is 23.2. The zero-order valence-corrected chi connectivity index (χ0v) is 19.0. The first-order valence-electron chi connectivity index (χ1n) is 10.9. The topological polar surface area (TPSA) is 118 Å². The number of nitrogens with one attached hydrogen (secondary N) is 1. The first-order valence-corrected chi connectivity index (χ1v) is 10.9. The fourth-order valence-corrected chi connectivity index (χ4v) is 4.14. The van der Waals surface area contributed by atoms with Crippen LogP contribution >= 0.6 is 0 Å². The number of methoxy groups -OCH3 is 2. The van der Waals surface area contributed by atoms with E-state index in [0.29, 0.717) is 40.1 Å². The van der Waals surface area contributed by atoms with Gasteiger partial charge >= 0.3 is 5.97 Å². The third-order valence-electron chi connectivity index (χ3n) is 5.81. The number of carboxylic acids is 1. The molecule has 176 valence electrons. The van der Waals surface area contributed by atoms with Gasteiger partial charge in [-0.05, 0) is 50.2 Å². The monoisotopic (exact) mass is 463 g/mol. The summed E-state index contributed by atoms with van der Waals surface area (Å²) in [6.07, 6.45) is 3.34. The Morgan fingerprint density at radius 1 is 1.03 bits per heavy atom. The number of pyridine rings is 1. The molecule has 1 aliphatic heterocycles. The van der Waals surface area contributed by atoms with E-state index in [9.17, 15) is 19.5 Å². The zero-order valence-electron chi connectivity index (χ0n) is 19.0. The molecule has 0 bridgehead atoms. The predicted molar refractivity (Wildman–Crippen MR) is 126 cm³/mol. The van der Waals surface area contributed by atoms with Crippen molar-refractivity contribution in [2.75, 3.05) is 39.2 Å². The van der Waals surface area contributed by atoms with Crippen LogP contribution in [0.3, 0.4) is 0 Å². The van der Waals surface area contributed by atoms with E-state index < -0.39 is 11.8 Å². The molecule has 0 unspecified atom stereocenters. The van der Waals surface area contributed by atoms with Gasteiger partial charge in [0.25, 0.3) is 0 Å². The summed E-state index contributed by atoms with van der Waals surface area (Å²) in [7, 11) is 2.90. The number of fused-ring (bicyclic) bond motifs is 1. The smallest absolute Gasteiger partial charge is 0.337 e. The molecule has 1 saturated heterocycles. The van der Waals surface area contributed by atoms with Crippen molar-refractivity contribution in [3.05, 3.63) is 59.4 Å². The number of carboxylic acid groups (broad SMARTS) is 1. The Morgan fingerprint density at radius 2 is 1.71 bits per heavy atom. The number of likely N-dealkylation sites (tertiary alicyclic amines) is 1. The number of aromatic nitrogens is 1. The van der Waals surface area contributed by atoms with Crippen LogP contribution in [0.2, 0.25) is 0 Å². The van der Waals surface area contributed by atoms with Gasteiger partial charge in [-0.25, -0.2) is 4.79 Å². The Morgan fingerprint density at radius 3 is 2.35 bits per heavy atom. The van der Waals surface area contributed by atoms with Gasteiger partial charge in [-0.2, -0.15) is 0 Å². The average Bonchev–Trinajstić information content (AvgIpc) is 3.34. The molecule has 0 aliphatic carbocycles. The highest BCUT2D eigenvalue weighted by molar-refractivity contribution is 6.18. The molecular formula is C25H25N3O6. The number of hydrogen-bond donors (Lipinski definition) is 2. The molecule has 1 aliphatic rings. The Kier molecular flexibility index (Phi) is 6.74. The summed E-state index contributed by atoms with van der Waals surface area (Å²) in [5.41, 5.74) is 0.823. The van der Waals surface area contributed by atoms with Crippen LogP contribution in [0, 0.1) is 0 Å². The number of benzene rings is 2. The Balaban J connectivity index is 1.68. The third kappa shape index (κ3) is 4.69. The highest BCUT2D eigenvalue weighted by Gasteiger charge is 2.22. The van der Waals surface area contributed by atoms with Crippen molar-refractivity contribution in [2.45, 2.75) is 12.8 Å². The van der Waals surface area contributed by atoms with Gasteiger partial charge in [-0.15, -0.1) is 0 Å². The van der Waals surface area contributed by atoms with Crippen molar-refractivity contribution >= 4 is 34.1 Å². The molecule has 9 nitrogen and oxygen atoms in total. The molecule has 0 atom stereocenters. The van der Waals surface area contributed by atoms with Crippen LogP contribution in [0.25, 0.3) is 10.8 Å². The number of hydrogen-bond acceptors (Lipinski definition) is 7. The van der Waals surface area contributed by atoms with E-state index in [1.165, 1.54) is 20.3 Å². The number of amides is 1. The zero-order chi connectivity index (χ0) is 24.2. The fraction of sp³-hybridized carbons (Fsp3) is 0.280. The van der Waals surface area contributed by atoms with E-state index in [4.69, 9.17) is 9.47 Å². The summed E-state index contributed by atoms with van der Waals surface area (Å²) >= 11 is 0. The summed E-state index contributed by atoms with van der Waals surface area (Å²) < 4.78 is 10.6. The van der Waals surface area contributed by atoms with Gasteiger partial charge in [-0.1, -0.05) is 12.1 Å². The number of ketones is 1. The van der Waals surface area contributed by atoms with Crippen molar-refractivity contribution in [1.82, 2.24) is 9.88 Å². The fourth-order valence-electron chi connectivity index (χ4n) is 4.14. The molecule has 1 amide bonds. The highest BCUT2D eigenvalue weighted by Crippen LogP contribution is 2.35. The first-order chi connectivity index (χ1) is 16.4. The second-order valence-electron chi connectivity index (χ2n) is 8.02. The van der Waals surface area contributed by atoms with Crippen molar-refractivity contribution in [3.8, 4) is 11.5 Å². The third-order valence-corrected chi connectivity index (χ3v) is 5.81. The van der Waals surface area contributed by atoms with E-state index in [-0.39, 0.29) is 17.2 Å². The quantitative estimate of drug-likeness (QED) is 0.489. The molecule has 1 aromatic heterocycles. The normalized spacial score (nSPS) is 13.6. The molecule has 2 N–H and O–H groups in total. The van der Waals surface area contributed by atoms with Crippen LogP contribution < -0.4 is 14.8 Å². The molecule has 2 aromatic carbocycles. The summed E-state index contributed by atoms with van der Waals surface area (Å²) in [5, 5.41) is 13.1. The van der Waals surface area contributed by atoms with E-state index in [0.717, 1.165) is 32.1 Å². The molecule has 3 aromatic rings. The lowest BCUT2D eigenvalue weighted by Gasteiger charge is -2.15. The van der Waals surface area contributed by atoms with Crippen LogP contribution in [0.5, 0.6) is 11.5 Å². The maximum absolute atomic E-state index is 13.4. The van der Waals surface area contributed by atoms with Crippen LogP contribution in [0.1, 0.15) is 39.3 Å². The molecule has 0 radical (unpaired) electrons. The molecule has 34 heavy (non-hydrogen) atoms. The van der Waals surface area contributed by atoms with Crippen LogP contribution in [-0.4, -0.2) is 66.5 Å².